The molecule has 0 saturated heterocycles. The maximum atomic E-state index is 12.6. The van der Waals surface area contributed by atoms with Crippen molar-refractivity contribution in [1.82, 2.24) is 4.98 Å². The minimum absolute atomic E-state index is 0.00454. The lowest BCUT2D eigenvalue weighted by atomic mass is 9.86. The summed E-state index contributed by atoms with van der Waals surface area (Å²) >= 11 is 0. The molecule has 1 unspecified atom stereocenters. The van der Waals surface area contributed by atoms with E-state index in [1.165, 1.54) is 5.56 Å². The summed E-state index contributed by atoms with van der Waals surface area (Å²) < 4.78 is 0. The minimum Gasteiger partial charge on any atom is -0.385 e. The molecule has 1 atom stereocenters. The van der Waals surface area contributed by atoms with Crippen molar-refractivity contribution in [2.75, 3.05) is 11.9 Å². The second-order valence-electron chi connectivity index (χ2n) is 5.51. The fraction of sp³-hybridized carbons (Fsp3) is 0.333. The predicted molar refractivity (Wildman–Crippen MR) is 84.6 cm³/mol. The van der Waals surface area contributed by atoms with Crippen LogP contribution in [0.15, 0.2) is 42.6 Å². The number of aryl methyl sites for hydroxylation is 1. The van der Waals surface area contributed by atoms with E-state index < -0.39 is 0 Å². The van der Waals surface area contributed by atoms with Crippen LogP contribution in [0.3, 0.4) is 0 Å². The number of fused-ring (bicyclic) bond motifs is 1. The van der Waals surface area contributed by atoms with Gasteiger partial charge >= 0.3 is 0 Å². The maximum Gasteiger partial charge on any atom is 0.146 e. The smallest absolute Gasteiger partial charge is 0.146 e. The lowest BCUT2D eigenvalue weighted by molar-refractivity contribution is -0.120. The highest BCUT2D eigenvalue weighted by molar-refractivity contribution is 5.89. The van der Waals surface area contributed by atoms with Crippen LogP contribution >= 0.6 is 0 Å². The molecule has 3 rings (SSSR count). The second kappa shape index (κ2) is 6.08. The number of pyridine rings is 1. The molecule has 3 nitrogen and oxygen atoms in total. The number of nitrogens with zero attached hydrogens (tertiary/aromatic N) is 1. The van der Waals surface area contributed by atoms with Gasteiger partial charge in [0.25, 0.3) is 0 Å². The first-order chi connectivity index (χ1) is 10.3. The average Bonchev–Trinajstić information content (AvgIpc) is 2.55. The first-order valence-electron chi connectivity index (χ1n) is 7.57. The molecule has 1 N–H and O–H groups in total. The Bertz CT molecular complexity index is 634. The molecule has 1 aromatic heterocycles. The molecule has 1 aromatic carbocycles. The van der Waals surface area contributed by atoms with E-state index in [-0.39, 0.29) is 11.7 Å². The maximum absolute atomic E-state index is 12.6. The zero-order valence-corrected chi connectivity index (χ0v) is 12.3. The summed E-state index contributed by atoms with van der Waals surface area (Å²) in [6.45, 7) is 2.96. The van der Waals surface area contributed by atoms with Crippen molar-refractivity contribution < 1.29 is 4.79 Å². The van der Waals surface area contributed by atoms with Crippen molar-refractivity contribution >= 4 is 11.5 Å². The molecular weight excluding hydrogens is 260 g/mol. The van der Waals surface area contributed by atoms with Gasteiger partial charge in [-0.2, -0.15) is 0 Å². The number of carbonyl (C=O) groups excluding carboxylic acids is 1. The zero-order valence-electron chi connectivity index (χ0n) is 12.3. The van der Waals surface area contributed by atoms with Gasteiger partial charge in [-0.3, -0.25) is 9.78 Å². The summed E-state index contributed by atoms with van der Waals surface area (Å²) in [7, 11) is 0. The van der Waals surface area contributed by atoms with Gasteiger partial charge in [0.2, 0.25) is 0 Å². The molecule has 0 fully saturated rings. The summed E-state index contributed by atoms with van der Waals surface area (Å²) in [4.78, 5) is 17.0. The number of aromatic nitrogens is 1. The Morgan fingerprint density at radius 1 is 1.29 bits per heavy atom. The summed E-state index contributed by atoms with van der Waals surface area (Å²) in [5, 5.41) is 3.36. The van der Waals surface area contributed by atoms with Gasteiger partial charge < -0.3 is 5.32 Å². The number of nitrogens with one attached hydrogen (secondary N) is 1. The Morgan fingerprint density at radius 3 is 2.90 bits per heavy atom. The highest BCUT2D eigenvalue weighted by Gasteiger charge is 2.26. The Kier molecular flexibility index (Phi) is 4.00. The Balaban J connectivity index is 1.76. The summed E-state index contributed by atoms with van der Waals surface area (Å²) in [5.74, 6) is 0.260. The summed E-state index contributed by atoms with van der Waals surface area (Å²) in [6, 6.07) is 12.1. The van der Waals surface area contributed by atoms with Crippen molar-refractivity contribution in [2.45, 2.75) is 32.1 Å². The molecule has 2 heterocycles. The molecule has 0 saturated carbocycles. The van der Waals surface area contributed by atoms with Crippen LogP contribution in [0.1, 0.15) is 36.1 Å². The highest BCUT2D eigenvalue weighted by atomic mass is 16.1. The van der Waals surface area contributed by atoms with Gasteiger partial charge in [-0.25, -0.2) is 0 Å². The molecule has 0 aliphatic carbocycles. The van der Waals surface area contributed by atoms with E-state index in [4.69, 9.17) is 0 Å². The molecule has 0 radical (unpaired) electrons. The monoisotopic (exact) mass is 280 g/mol. The standard InChI is InChI=1S/C18H20N2O/c1-2-13-7-8-14(20-12-13)11-18(21)16-9-10-19-17-6-4-3-5-15(16)17/h3-8,12,16,19H,2,9-11H2,1H3. The fourth-order valence-corrected chi connectivity index (χ4v) is 2.87. The van der Waals surface area contributed by atoms with Gasteiger partial charge in [0.05, 0.1) is 0 Å². The molecular formula is C18H20N2O. The summed E-state index contributed by atoms with van der Waals surface area (Å²) in [5.41, 5.74) is 4.29. The van der Waals surface area contributed by atoms with Gasteiger partial charge in [0, 0.05) is 36.5 Å². The van der Waals surface area contributed by atoms with Crippen LogP contribution in [-0.4, -0.2) is 17.3 Å². The van der Waals surface area contributed by atoms with Gasteiger partial charge in [-0.05, 0) is 36.1 Å². The highest BCUT2D eigenvalue weighted by Crippen LogP contribution is 2.32. The van der Waals surface area contributed by atoms with Gasteiger partial charge in [0.1, 0.15) is 5.78 Å². The number of rotatable bonds is 4. The van der Waals surface area contributed by atoms with Crippen LogP contribution in [0.25, 0.3) is 0 Å². The first kappa shape index (κ1) is 13.8. The van der Waals surface area contributed by atoms with Crippen molar-refractivity contribution in [3.05, 3.63) is 59.4 Å². The first-order valence-corrected chi connectivity index (χ1v) is 7.57. The van der Waals surface area contributed by atoms with E-state index in [0.29, 0.717) is 6.42 Å². The third-order valence-corrected chi connectivity index (χ3v) is 4.12. The van der Waals surface area contributed by atoms with Crippen LogP contribution in [0.5, 0.6) is 0 Å². The van der Waals surface area contributed by atoms with Gasteiger partial charge in [-0.1, -0.05) is 31.2 Å². The molecule has 2 aromatic rings. The van der Waals surface area contributed by atoms with E-state index >= 15 is 0 Å². The van der Waals surface area contributed by atoms with E-state index in [1.807, 2.05) is 30.5 Å². The number of Topliss-reactive ketones (excluding diaryl/α,β-unsaturated/α-hetero) is 1. The zero-order chi connectivity index (χ0) is 14.7. The topological polar surface area (TPSA) is 42.0 Å². The molecule has 3 heteroatoms. The van der Waals surface area contributed by atoms with Crippen molar-refractivity contribution in [1.29, 1.82) is 0 Å². The van der Waals surface area contributed by atoms with E-state index in [2.05, 4.69) is 29.4 Å². The fourth-order valence-electron chi connectivity index (χ4n) is 2.87. The van der Waals surface area contributed by atoms with Crippen LogP contribution in [0.2, 0.25) is 0 Å². The van der Waals surface area contributed by atoms with Crippen LogP contribution in [-0.2, 0) is 17.6 Å². The van der Waals surface area contributed by atoms with Crippen LogP contribution < -0.4 is 5.32 Å². The molecule has 0 amide bonds. The Morgan fingerprint density at radius 2 is 2.14 bits per heavy atom. The van der Waals surface area contributed by atoms with E-state index in [9.17, 15) is 4.79 Å². The van der Waals surface area contributed by atoms with Gasteiger partial charge in [-0.15, -0.1) is 0 Å². The Hall–Kier alpha value is -2.16. The third kappa shape index (κ3) is 2.97. The van der Waals surface area contributed by atoms with E-state index in [1.54, 1.807) is 0 Å². The molecule has 108 valence electrons. The molecule has 0 spiro atoms. The molecule has 21 heavy (non-hydrogen) atoms. The van der Waals surface area contributed by atoms with Crippen LogP contribution in [0.4, 0.5) is 5.69 Å². The number of hydrogen-bond donors (Lipinski definition) is 1. The quantitative estimate of drug-likeness (QED) is 0.933. The SMILES string of the molecule is CCc1ccc(CC(=O)C2CCNc3ccccc32)nc1. The predicted octanol–water partition coefficient (Wildman–Crippen LogP) is 3.36. The average molecular weight is 280 g/mol. The number of ketones is 1. The van der Waals surface area contributed by atoms with Gasteiger partial charge in [0.15, 0.2) is 0 Å². The number of carbonyl (C=O) groups is 1. The Labute approximate surface area is 125 Å². The van der Waals surface area contributed by atoms with E-state index in [0.717, 1.165) is 36.3 Å². The van der Waals surface area contributed by atoms with Crippen molar-refractivity contribution in [2.24, 2.45) is 0 Å². The normalized spacial score (nSPS) is 16.9. The molecule has 1 aliphatic heterocycles. The lowest BCUT2D eigenvalue weighted by Gasteiger charge is -2.25. The van der Waals surface area contributed by atoms with Crippen LogP contribution in [0, 0.1) is 0 Å². The minimum atomic E-state index is -0.00454. The number of anilines is 1. The molecule has 1 aliphatic rings. The lowest BCUT2D eigenvalue weighted by Crippen LogP contribution is -2.24. The number of benzene rings is 1. The summed E-state index contributed by atoms with van der Waals surface area (Å²) in [6.07, 6.45) is 4.13. The number of hydrogen-bond acceptors (Lipinski definition) is 3. The van der Waals surface area contributed by atoms with Crippen molar-refractivity contribution in [3.8, 4) is 0 Å². The third-order valence-electron chi connectivity index (χ3n) is 4.12. The molecule has 0 bridgehead atoms. The second-order valence-corrected chi connectivity index (χ2v) is 5.51. The van der Waals surface area contributed by atoms with Crippen molar-refractivity contribution in [3.63, 3.8) is 0 Å². The largest absolute Gasteiger partial charge is 0.385 e. The number of para-hydroxylation sites is 1.